The van der Waals surface area contributed by atoms with E-state index in [0.717, 1.165) is 56.8 Å². The van der Waals surface area contributed by atoms with Crippen LogP contribution < -0.4 is 26.3 Å². The van der Waals surface area contributed by atoms with Crippen molar-refractivity contribution in [1.29, 1.82) is 0 Å². The number of anilines is 3. The Hall–Kier alpha value is -5.46. The number of nitrogens with zero attached hydrogens (tertiary/aromatic N) is 5. The lowest BCUT2D eigenvalue weighted by Crippen LogP contribution is -2.52. The third-order valence-electron chi connectivity index (χ3n) is 13.2. The lowest BCUT2D eigenvalue weighted by Gasteiger charge is -2.40. The predicted molar refractivity (Wildman–Crippen MR) is 239 cm³/mol. The van der Waals surface area contributed by atoms with Crippen LogP contribution in [0.3, 0.4) is 0 Å². The fraction of sp³-hybridized carbons (Fsp3) is 0.478. The van der Waals surface area contributed by atoms with E-state index in [1.54, 1.807) is 17.7 Å². The number of nitrogens with one attached hydrogen (secondary N) is 4. The fourth-order valence-electron chi connectivity index (χ4n) is 9.49. The van der Waals surface area contributed by atoms with Gasteiger partial charge < -0.3 is 25.0 Å². The monoisotopic (exact) mass is 945 g/mol. The third-order valence-corrected chi connectivity index (χ3v) is 13.7. The molecule has 0 bridgehead atoms. The van der Waals surface area contributed by atoms with E-state index in [2.05, 4.69) is 64.3 Å². The van der Waals surface area contributed by atoms with Crippen LogP contribution in [0.15, 0.2) is 59.3 Å². The molecule has 64 heavy (non-hydrogen) atoms. The summed E-state index contributed by atoms with van der Waals surface area (Å²) in [6.45, 7) is 6.07. The minimum absolute atomic E-state index is 0.00912. The molecule has 4 aliphatic rings. The van der Waals surface area contributed by atoms with E-state index in [9.17, 15) is 28.4 Å². The molecule has 4 N–H and O–H groups in total. The fourth-order valence-corrected chi connectivity index (χ4v) is 9.83. The van der Waals surface area contributed by atoms with Crippen LogP contribution in [0.2, 0.25) is 0 Å². The largest absolute Gasteiger partial charge is 0.372 e. The summed E-state index contributed by atoms with van der Waals surface area (Å²) in [5, 5.41) is 8.03. The van der Waals surface area contributed by atoms with Gasteiger partial charge in [0.1, 0.15) is 11.3 Å². The molecule has 15 nitrogen and oxygen atoms in total. The van der Waals surface area contributed by atoms with E-state index in [-0.39, 0.29) is 77.0 Å². The number of imidazole rings is 1. The minimum atomic E-state index is -0.827. The highest BCUT2D eigenvalue weighted by molar-refractivity contribution is 9.10. The number of imide groups is 1. The molecule has 1 saturated carbocycles. The minimum Gasteiger partial charge on any atom is -0.372 e. The maximum atomic E-state index is 15.7. The van der Waals surface area contributed by atoms with Crippen molar-refractivity contribution < 1.29 is 37.6 Å². The van der Waals surface area contributed by atoms with E-state index in [1.165, 1.54) is 24.5 Å². The number of halogens is 3. The molecule has 8 rings (SSSR count). The SMILES string of the molecule is Cn1cnc2c(F)c(Nc3ccc(Br)cc3F)c(C(=O)NOCCNC(=O)C3CCC(C(=O)N4CCN(CC5CCN(c6cccc(C7CCC(=O)NC7=O)c6)CC5)CC4)CC3)cc21. The number of aromatic nitrogens is 2. The number of benzene rings is 3. The second-order valence-corrected chi connectivity index (χ2v) is 18.3. The van der Waals surface area contributed by atoms with Crippen LogP contribution in [0.25, 0.3) is 11.0 Å². The quantitative estimate of drug-likeness (QED) is 0.0761. The number of aryl methyl sites for hydroxylation is 1. The maximum absolute atomic E-state index is 15.7. The van der Waals surface area contributed by atoms with Crippen LogP contribution in [0, 0.1) is 29.4 Å². The van der Waals surface area contributed by atoms with Gasteiger partial charge in [-0.1, -0.05) is 28.1 Å². The standard InChI is InChI=1S/C46H54BrF2N9O6/c1-55-27-51-42-38(55)25-35(41(40(42)49)52-37-11-9-32(47)24-36(37)48)45(62)54-64-22-15-50-43(60)29-5-7-30(8-6-29)46(63)58-20-18-56(19-21-58)26-28-13-16-57(17-14-28)33-4-2-3-31(23-33)34-10-12-39(59)53-44(34)61/h2-4,9,11,23-25,27-30,34,52H,5-8,10,12-22,26H2,1H3,(H,50,60)(H,54,62)(H,53,59,61). The van der Waals surface area contributed by atoms with Crippen molar-refractivity contribution in [1.82, 2.24) is 35.5 Å². The summed E-state index contributed by atoms with van der Waals surface area (Å²) in [5.74, 6) is -2.65. The first-order chi connectivity index (χ1) is 30.9. The first kappa shape index (κ1) is 45.1. The Morgan fingerprint density at radius 3 is 2.39 bits per heavy atom. The number of fused-ring (bicyclic) bond motifs is 1. The zero-order valence-electron chi connectivity index (χ0n) is 35.8. The van der Waals surface area contributed by atoms with Gasteiger partial charge in [-0.25, -0.2) is 19.2 Å². The van der Waals surface area contributed by atoms with E-state index < -0.39 is 17.5 Å². The molecule has 4 fully saturated rings. The highest BCUT2D eigenvalue weighted by Crippen LogP contribution is 2.34. The maximum Gasteiger partial charge on any atom is 0.277 e. The summed E-state index contributed by atoms with van der Waals surface area (Å²) < 4.78 is 32.4. The number of rotatable bonds is 13. The van der Waals surface area contributed by atoms with Gasteiger partial charge >= 0.3 is 0 Å². The molecular formula is C46H54BrF2N9O6. The van der Waals surface area contributed by atoms with Gasteiger partial charge in [-0.2, -0.15) is 0 Å². The van der Waals surface area contributed by atoms with Crippen molar-refractivity contribution in [2.75, 3.05) is 69.2 Å². The molecule has 0 spiro atoms. The summed E-state index contributed by atoms with van der Waals surface area (Å²) in [4.78, 5) is 80.2. The van der Waals surface area contributed by atoms with Gasteiger partial charge in [0.15, 0.2) is 5.82 Å². The number of amides is 5. The average Bonchev–Trinajstić information content (AvgIpc) is 3.68. The van der Waals surface area contributed by atoms with E-state index in [0.29, 0.717) is 67.5 Å². The Morgan fingerprint density at radius 1 is 0.906 bits per heavy atom. The highest BCUT2D eigenvalue weighted by atomic mass is 79.9. The molecule has 1 aliphatic carbocycles. The number of carbonyl (C=O) groups is 5. The molecule has 18 heteroatoms. The zero-order chi connectivity index (χ0) is 44.9. The van der Waals surface area contributed by atoms with E-state index in [1.807, 2.05) is 17.0 Å². The van der Waals surface area contributed by atoms with Crippen molar-refractivity contribution in [3.05, 3.63) is 82.1 Å². The summed E-state index contributed by atoms with van der Waals surface area (Å²) in [7, 11) is 1.66. The number of hydrogen-bond acceptors (Lipinski definition) is 10. The Kier molecular flexibility index (Phi) is 14.2. The zero-order valence-corrected chi connectivity index (χ0v) is 37.4. The smallest absolute Gasteiger partial charge is 0.277 e. The van der Waals surface area contributed by atoms with Crippen molar-refractivity contribution in [3.63, 3.8) is 0 Å². The molecule has 1 unspecified atom stereocenters. The third kappa shape index (κ3) is 10.4. The van der Waals surface area contributed by atoms with Gasteiger partial charge in [-0.05, 0) is 92.8 Å². The van der Waals surface area contributed by atoms with E-state index >= 15 is 4.39 Å². The molecule has 340 valence electrons. The van der Waals surface area contributed by atoms with Crippen molar-refractivity contribution in [2.45, 2.75) is 57.3 Å². The number of carbonyl (C=O) groups excluding carboxylic acids is 5. The molecule has 3 aliphatic heterocycles. The second-order valence-electron chi connectivity index (χ2n) is 17.4. The van der Waals surface area contributed by atoms with Gasteiger partial charge in [0.2, 0.25) is 23.6 Å². The molecule has 1 atom stereocenters. The summed E-state index contributed by atoms with van der Waals surface area (Å²) >= 11 is 3.20. The Labute approximate surface area is 378 Å². The van der Waals surface area contributed by atoms with Gasteiger partial charge in [0.25, 0.3) is 5.91 Å². The number of hydroxylamine groups is 1. The predicted octanol–water partition coefficient (Wildman–Crippen LogP) is 5.52. The van der Waals surface area contributed by atoms with E-state index in [4.69, 9.17) is 4.84 Å². The lowest BCUT2D eigenvalue weighted by atomic mass is 9.81. The van der Waals surface area contributed by atoms with Crippen LogP contribution in [-0.2, 0) is 31.1 Å². The van der Waals surface area contributed by atoms with Gasteiger partial charge in [-0.3, -0.25) is 39.0 Å². The number of piperidine rings is 2. The van der Waals surface area contributed by atoms with Crippen LogP contribution in [0.1, 0.15) is 73.2 Å². The molecule has 3 saturated heterocycles. The van der Waals surface area contributed by atoms with Crippen LogP contribution in [0.5, 0.6) is 0 Å². The molecule has 5 amide bonds. The summed E-state index contributed by atoms with van der Waals surface area (Å²) in [6, 6.07) is 13.8. The molecule has 3 aromatic carbocycles. The van der Waals surface area contributed by atoms with Crippen LogP contribution in [-0.4, -0.2) is 108 Å². The molecule has 0 radical (unpaired) electrons. The molecule has 1 aromatic heterocycles. The van der Waals surface area contributed by atoms with Crippen molar-refractivity contribution >= 4 is 73.6 Å². The highest BCUT2D eigenvalue weighted by Gasteiger charge is 2.34. The van der Waals surface area contributed by atoms with Gasteiger partial charge in [0, 0.05) is 87.8 Å². The first-order valence-electron chi connectivity index (χ1n) is 22.2. The van der Waals surface area contributed by atoms with Crippen LogP contribution >= 0.6 is 15.9 Å². The Bertz CT molecular complexity index is 2390. The molecular weight excluding hydrogens is 892 g/mol. The normalized spacial score (nSPS) is 21.2. The summed E-state index contributed by atoms with van der Waals surface area (Å²) in [6.07, 6.45) is 6.99. The Balaban J connectivity index is 0.723. The van der Waals surface area contributed by atoms with Gasteiger partial charge in [-0.15, -0.1) is 0 Å². The molecule has 4 aromatic rings. The summed E-state index contributed by atoms with van der Waals surface area (Å²) in [5.41, 5.74) is 4.31. The molecule has 4 heterocycles. The topological polar surface area (TPSA) is 170 Å². The van der Waals surface area contributed by atoms with Crippen molar-refractivity contribution in [2.24, 2.45) is 24.8 Å². The second kappa shape index (κ2) is 20.2. The Morgan fingerprint density at radius 2 is 1.66 bits per heavy atom. The lowest BCUT2D eigenvalue weighted by molar-refractivity contribution is -0.140. The van der Waals surface area contributed by atoms with Crippen LogP contribution in [0.4, 0.5) is 25.8 Å². The first-order valence-corrected chi connectivity index (χ1v) is 23.0. The number of piperazine rings is 1. The average molecular weight is 947 g/mol. The number of hydrogen-bond donors (Lipinski definition) is 4. The van der Waals surface area contributed by atoms with Gasteiger partial charge in [0.05, 0.1) is 41.3 Å². The van der Waals surface area contributed by atoms with Crippen molar-refractivity contribution in [3.8, 4) is 0 Å².